The highest BCUT2D eigenvalue weighted by atomic mass is 16.5. The van der Waals surface area contributed by atoms with Crippen molar-refractivity contribution in [1.29, 1.82) is 0 Å². The fourth-order valence-corrected chi connectivity index (χ4v) is 2.12. The normalized spacial score (nSPS) is 10.7. The van der Waals surface area contributed by atoms with Crippen LogP contribution in [0.25, 0.3) is 0 Å². The third-order valence-electron chi connectivity index (χ3n) is 3.43. The van der Waals surface area contributed by atoms with E-state index in [-0.39, 0.29) is 0 Å². The number of hydrogen-bond acceptors (Lipinski definition) is 4. The van der Waals surface area contributed by atoms with E-state index in [0.29, 0.717) is 17.2 Å². The van der Waals surface area contributed by atoms with Crippen LogP contribution in [0, 0.1) is 0 Å². The largest absolute Gasteiger partial charge is 0.496 e. The lowest BCUT2D eigenvalue weighted by atomic mass is 10.1. The molecule has 116 valence electrons. The van der Waals surface area contributed by atoms with Gasteiger partial charge in [0.05, 0.1) is 27.0 Å². The lowest BCUT2D eigenvalue weighted by molar-refractivity contribution is 0.349. The zero-order valence-corrected chi connectivity index (χ0v) is 13.4. The van der Waals surface area contributed by atoms with E-state index in [2.05, 4.69) is 24.0 Å². The van der Waals surface area contributed by atoms with Crippen LogP contribution in [-0.4, -0.2) is 27.5 Å². The molecule has 0 saturated carbocycles. The summed E-state index contributed by atoms with van der Waals surface area (Å²) in [4.78, 5) is 4.49. The minimum atomic E-state index is 0.629. The molecule has 0 saturated heterocycles. The summed E-state index contributed by atoms with van der Waals surface area (Å²) in [5.41, 5.74) is 3.02. The number of hydrogen-bond donors (Lipinski definition) is 0. The van der Waals surface area contributed by atoms with Crippen molar-refractivity contribution in [2.45, 2.75) is 13.3 Å². The highest BCUT2D eigenvalue weighted by molar-refractivity contribution is 5.87. The van der Waals surface area contributed by atoms with Crippen molar-refractivity contribution >= 4 is 11.9 Å². The zero-order valence-electron chi connectivity index (χ0n) is 13.4. The van der Waals surface area contributed by atoms with Crippen LogP contribution in [0.15, 0.2) is 41.4 Å². The Labute approximate surface area is 131 Å². The number of methoxy groups -OCH3 is 3. The maximum atomic E-state index is 5.39. The first kappa shape index (κ1) is 15.9. The average molecular weight is 299 g/mol. The summed E-state index contributed by atoms with van der Waals surface area (Å²) in [6.07, 6.45) is 2.79. The summed E-state index contributed by atoms with van der Waals surface area (Å²) in [5.74, 6) is 1.96. The first-order chi connectivity index (χ1) is 10.7. The Morgan fingerprint density at radius 1 is 0.864 bits per heavy atom. The number of aliphatic imine (C=N–C) groups is 1. The molecule has 4 heteroatoms. The molecule has 0 aliphatic heterocycles. The third-order valence-corrected chi connectivity index (χ3v) is 3.43. The van der Waals surface area contributed by atoms with Crippen LogP contribution < -0.4 is 14.2 Å². The van der Waals surface area contributed by atoms with E-state index < -0.39 is 0 Å². The van der Waals surface area contributed by atoms with E-state index in [9.17, 15) is 0 Å². The van der Waals surface area contributed by atoms with Gasteiger partial charge in [0.1, 0.15) is 5.75 Å². The fraction of sp³-hybridized carbons (Fsp3) is 0.278. The van der Waals surface area contributed by atoms with Crippen LogP contribution in [0.4, 0.5) is 5.69 Å². The maximum absolute atomic E-state index is 5.39. The summed E-state index contributed by atoms with van der Waals surface area (Å²) in [7, 11) is 4.82. The van der Waals surface area contributed by atoms with Gasteiger partial charge >= 0.3 is 0 Å². The molecule has 0 radical (unpaired) electrons. The Morgan fingerprint density at radius 3 is 2.00 bits per heavy atom. The van der Waals surface area contributed by atoms with Crippen molar-refractivity contribution in [2.75, 3.05) is 21.3 Å². The number of ether oxygens (including phenoxy) is 3. The summed E-state index contributed by atoms with van der Waals surface area (Å²) in [6, 6.07) is 11.8. The van der Waals surface area contributed by atoms with Gasteiger partial charge in [-0.1, -0.05) is 19.1 Å². The maximum Gasteiger partial charge on any atom is 0.164 e. The van der Waals surface area contributed by atoms with Crippen LogP contribution in [0.3, 0.4) is 0 Å². The van der Waals surface area contributed by atoms with E-state index in [1.54, 1.807) is 33.6 Å². The molecule has 0 aromatic heterocycles. The lowest BCUT2D eigenvalue weighted by Gasteiger charge is -2.11. The molecule has 0 bridgehead atoms. The Morgan fingerprint density at radius 2 is 1.45 bits per heavy atom. The van der Waals surface area contributed by atoms with Gasteiger partial charge in [0.25, 0.3) is 0 Å². The molecule has 0 amide bonds. The smallest absolute Gasteiger partial charge is 0.164 e. The summed E-state index contributed by atoms with van der Waals surface area (Å²) in [5, 5.41) is 0. The highest BCUT2D eigenvalue weighted by Gasteiger charge is 2.10. The third kappa shape index (κ3) is 3.58. The van der Waals surface area contributed by atoms with Gasteiger partial charge in [-0.15, -0.1) is 0 Å². The number of aryl methyl sites for hydroxylation is 1. The van der Waals surface area contributed by atoms with Gasteiger partial charge in [0.15, 0.2) is 11.5 Å². The standard InChI is InChI=1S/C18H21NO3/c1-5-13-6-8-15(9-7-13)19-12-14-10-17(21-3)18(22-4)11-16(14)20-2/h6-12H,5H2,1-4H3. The van der Waals surface area contributed by atoms with Crippen LogP contribution in [0.1, 0.15) is 18.1 Å². The summed E-state index contributed by atoms with van der Waals surface area (Å²) < 4.78 is 16.0. The molecule has 0 unspecified atom stereocenters. The van der Waals surface area contributed by atoms with E-state index in [4.69, 9.17) is 14.2 Å². The summed E-state index contributed by atoms with van der Waals surface area (Å²) >= 11 is 0. The Kier molecular flexibility index (Phi) is 5.42. The average Bonchev–Trinajstić information content (AvgIpc) is 2.59. The molecule has 0 aliphatic rings. The van der Waals surface area contributed by atoms with Gasteiger partial charge in [0, 0.05) is 17.8 Å². The van der Waals surface area contributed by atoms with Gasteiger partial charge in [-0.3, -0.25) is 4.99 Å². The van der Waals surface area contributed by atoms with Crippen LogP contribution in [0.2, 0.25) is 0 Å². The first-order valence-electron chi connectivity index (χ1n) is 7.14. The molecular formula is C18H21NO3. The molecule has 2 aromatic carbocycles. The second kappa shape index (κ2) is 7.50. The number of rotatable bonds is 6. The monoisotopic (exact) mass is 299 g/mol. The lowest BCUT2D eigenvalue weighted by Crippen LogP contribution is -1.96. The van der Waals surface area contributed by atoms with Gasteiger partial charge in [-0.05, 0) is 30.2 Å². The molecule has 0 aliphatic carbocycles. The molecule has 0 heterocycles. The minimum absolute atomic E-state index is 0.629. The molecule has 0 atom stereocenters. The molecule has 2 aromatic rings. The van der Waals surface area contributed by atoms with Crippen molar-refractivity contribution in [3.05, 3.63) is 47.5 Å². The number of benzene rings is 2. The van der Waals surface area contributed by atoms with Crippen LogP contribution >= 0.6 is 0 Å². The highest BCUT2D eigenvalue weighted by Crippen LogP contribution is 2.34. The van der Waals surface area contributed by atoms with E-state index in [1.807, 2.05) is 18.2 Å². The quantitative estimate of drug-likeness (QED) is 0.756. The second-order valence-corrected chi connectivity index (χ2v) is 4.73. The van der Waals surface area contributed by atoms with Gasteiger partial charge in [-0.2, -0.15) is 0 Å². The second-order valence-electron chi connectivity index (χ2n) is 4.73. The SMILES string of the molecule is CCc1ccc(N=Cc2cc(OC)c(OC)cc2OC)cc1. The molecule has 0 N–H and O–H groups in total. The molecule has 4 nitrogen and oxygen atoms in total. The van der Waals surface area contributed by atoms with Gasteiger partial charge in [0.2, 0.25) is 0 Å². The first-order valence-corrected chi connectivity index (χ1v) is 7.14. The Bertz CT molecular complexity index is 648. The topological polar surface area (TPSA) is 40.0 Å². The molecular weight excluding hydrogens is 278 g/mol. The molecule has 0 fully saturated rings. The van der Waals surface area contributed by atoms with Crippen molar-refractivity contribution in [1.82, 2.24) is 0 Å². The number of nitrogens with zero attached hydrogens (tertiary/aromatic N) is 1. The van der Waals surface area contributed by atoms with Crippen molar-refractivity contribution < 1.29 is 14.2 Å². The van der Waals surface area contributed by atoms with Crippen molar-refractivity contribution in [2.24, 2.45) is 4.99 Å². The van der Waals surface area contributed by atoms with E-state index >= 15 is 0 Å². The van der Waals surface area contributed by atoms with Crippen LogP contribution in [0.5, 0.6) is 17.2 Å². The molecule has 0 spiro atoms. The predicted octanol–water partition coefficient (Wildman–Crippen LogP) is 4.03. The molecule has 2 rings (SSSR count). The van der Waals surface area contributed by atoms with Crippen molar-refractivity contribution in [3.8, 4) is 17.2 Å². The Hall–Kier alpha value is -2.49. The summed E-state index contributed by atoms with van der Waals surface area (Å²) in [6.45, 7) is 2.13. The van der Waals surface area contributed by atoms with E-state index in [1.165, 1.54) is 5.56 Å². The predicted molar refractivity (Wildman–Crippen MR) is 89.2 cm³/mol. The fourth-order valence-electron chi connectivity index (χ4n) is 2.12. The van der Waals surface area contributed by atoms with E-state index in [0.717, 1.165) is 17.7 Å². The Balaban J connectivity index is 2.32. The van der Waals surface area contributed by atoms with Crippen LogP contribution in [-0.2, 0) is 6.42 Å². The van der Waals surface area contributed by atoms with Crippen molar-refractivity contribution in [3.63, 3.8) is 0 Å². The zero-order chi connectivity index (χ0) is 15.9. The van der Waals surface area contributed by atoms with Gasteiger partial charge in [-0.25, -0.2) is 0 Å². The van der Waals surface area contributed by atoms with Gasteiger partial charge < -0.3 is 14.2 Å². The minimum Gasteiger partial charge on any atom is -0.496 e. The molecule has 22 heavy (non-hydrogen) atoms.